The van der Waals surface area contributed by atoms with Gasteiger partial charge in [-0.2, -0.15) is 8.78 Å². The van der Waals surface area contributed by atoms with Crippen molar-refractivity contribution >= 4 is 17.7 Å². The van der Waals surface area contributed by atoms with Crippen molar-refractivity contribution in [1.29, 1.82) is 0 Å². The van der Waals surface area contributed by atoms with Crippen LogP contribution in [0.15, 0.2) is 41.6 Å². The Hall–Kier alpha value is -1.96. The van der Waals surface area contributed by atoms with Crippen molar-refractivity contribution < 1.29 is 18.0 Å². The Bertz CT molecular complexity index is 646. The Labute approximate surface area is 136 Å². The minimum Gasteiger partial charge on any atom is -0.338 e. The Morgan fingerprint density at radius 2 is 2.04 bits per heavy atom. The first kappa shape index (κ1) is 17.4. The Morgan fingerprint density at radius 3 is 2.70 bits per heavy atom. The molecule has 0 aliphatic rings. The highest BCUT2D eigenvalue weighted by molar-refractivity contribution is 7.99. The summed E-state index contributed by atoms with van der Waals surface area (Å²) >= 11 is 1.44. The lowest BCUT2D eigenvalue weighted by Crippen LogP contribution is -2.28. The summed E-state index contributed by atoms with van der Waals surface area (Å²) in [6.07, 6.45) is 2.72. The maximum absolute atomic E-state index is 12.8. The molecular formula is C15H16F3N3OS. The van der Waals surface area contributed by atoms with E-state index < -0.39 is 6.55 Å². The number of imidazole rings is 1. The lowest BCUT2D eigenvalue weighted by Gasteiger charge is -2.17. The lowest BCUT2D eigenvalue weighted by atomic mass is 10.3. The quantitative estimate of drug-likeness (QED) is 0.722. The van der Waals surface area contributed by atoms with Crippen molar-refractivity contribution in [3.05, 3.63) is 48.3 Å². The number of thioether (sulfide) groups is 1. The summed E-state index contributed by atoms with van der Waals surface area (Å²) < 4.78 is 39.0. The second kappa shape index (κ2) is 8.05. The van der Waals surface area contributed by atoms with E-state index in [0.717, 1.165) is 9.46 Å². The van der Waals surface area contributed by atoms with Crippen LogP contribution < -0.4 is 0 Å². The second-order valence-corrected chi connectivity index (χ2v) is 6.00. The third-order valence-corrected chi connectivity index (χ3v) is 4.18. The van der Waals surface area contributed by atoms with Crippen LogP contribution in [0.3, 0.4) is 0 Å². The number of rotatable bonds is 7. The molecule has 4 nitrogen and oxygen atoms in total. The summed E-state index contributed by atoms with van der Waals surface area (Å²) in [5.74, 6) is 0.197. The van der Waals surface area contributed by atoms with Gasteiger partial charge in [0.1, 0.15) is 11.6 Å². The first-order chi connectivity index (χ1) is 11.0. The molecule has 0 spiro atoms. The van der Waals surface area contributed by atoms with E-state index in [1.165, 1.54) is 41.2 Å². The molecule has 1 amide bonds. The number of aromatic nitrogens is 2. The molecule has 0 aliphatic carbocycles. The zero-order valence-electron chi connectivity index (χ0n) is 12.5. The number of hydrogen-bond donors (Lipinski definition) is 0. The molecule has 1 heterocycles. The standard InChI is InChI=1S/C15H16F3N3OS/c1-20(10-13-19-7-8-21(13)15(17)18)14(22)6-9-23-12-4-2-11(16)3-5-12/h2-5,7-8,15H,6,9-10H2,1H3. The van der Waals surface area contributed by atoms with Gasteiger partial charge in [0.25, 0.3) is 0 Å². The summed E-state index contributed by atoms with van der Waals surface area (Å²) in [6.45, 7) is -2.65. The van der Waals surface area contributed by atoms with Gasteiger partial charge in [0, 0.05) is 36.5 Å². The fraction of sp³-hybridized carbons (Fsp3) is 0.333. The second-order valence-electron chi connectivity index (χ2n) is 4.83. The molecule has 0 bridgehead atoms. The van der Waals surface area contributed by atoms with Crippen molar-refractivity contribution in [2.45, 2.75) is 24.4 Å². The van der Waals surface area contributed by atoms with Gasteiger partial charge in [-0.25, -0.2) is 9.37 Å². The molecule has 0 unspecified atom stereocenters. The van der Waals surface area contributed by atoms with Crippen molar-refractivity contribution in [3.8, 4) is 0 Å². The predicted molar refractivity (Wildman–Crippen MR) is 81.7 cm³/mol. The fourth-order valence-electron chi connectivity index (χ4n) is 1.92. The molecule has 1 aromatic carbocycles. The summed E-state index contributed by atoms with van der Waals surface area (Å²) in [6, 6.07) is 6.02. The number of alkyl halides is 2. The Morgan fingerprint density at radius 1 is 1.35 bits per heavy atom. The van der Waals surface area contributed by atoms with E-state index in [1.807, 2.05) is 0 Å². The van der Waals surface area contributed by atoms with Gasteiger partial charge in [0.2, 0.25) is 5.91 Å². The molecule has 124 valence electrons. The highest BCUT2D eigenvalue weighted by atomic mass is 32.2. The van der Waals surface area contributed by atoms with Gasteiger partial charge in [0.05, 0.1) is 6.54 Å². The van der Waals surface area contributed by atoms with Crippen LogP contribution in [0.1, 0.15) is 18.8 Å². The molecule has 1 aromatic heterocycles. The molecule has 0 radical (unpaired) electrons. The maximum atomic E-state index is 12.8. The van der Waals surface area contributed by atoms with Crippen LogP contribution in [-0.4, -0.2) is 33.2 Å². The zero-order chi connectivity index (χ0) is 16.8. The highest BCUT2D eigenvalue weighted by Crippen LogP contribution is 2.19. The van der Waals surface area contributed by atoms with Gasteiger partial charge >= 0.3 is 6.55 Å². The van der Waals surface area contributed by atoms with Gasteiger partial charge in [0.15, 0.2) is 0 Å². The van der Waals surface area contributed by atoms with Crippen LogP contribution in [0.25, 0.3) is 0 Å². The molecule has 2 rings (SSSR count). The molecule has 23 heavy (non-hydrogen) atoms. The largest absolute Gasteiger partial charge is 0.338 e. The monoisotopic (exact) mass is 343 g/mol. The van der Waals surface area contributed by atoms with Gasteiger partial charge in [-0.1, -0.05) is 0 Å². The predicted octanol–water partition coefficient (Wildman–Crippen LogP) is 3.56. The van der Waals surface area contributed by atoms with Crippen molar-refractivity contribution in [1.82, 2.24) is 14.5 Å². The number of halogens is 3. The van der Waals surface area contributed by atoms with Crippen LogP contribution in [0, 0.1) is 5.82 Å². The van der Waals surface area contributed by atoms with E-state index in [9.17, 15) is 18.0 Å². The average molecular weight is 343 g/mol. The van der Waals surface area contributed by atoms with E-state index in [0.29, 0.717) is 5.75 Å². The van der Waals surface area contributed by atoms with Crippen LogP contribution in [0.2, 0.25) is 0 Å². The first-order valence-electron chi connectivity index (χ1n) is 6.89. The molecule has 0 saturated carbocycles. The third kappa shape index (κ3) is 5.02. The minimum absolute atomic E-state index is 0.0252. The SMILES string of the molecule is CN(Cc1nccn1C(F)F)C(=O)CCSc1ccc(F)cc1. The molecule has 0 aliphatic heterocycles. The number of carbonyl (C=O) groups is 1. The van der Waals surface area contributed by atoms with Gasteiger partial charge in [-0.05, 0) is 24.3 Å². The van der Waals surface area contributed by atoms with Crippen LogP contribution in [0.5, 0.6) is 0 Å². The number of amides is 1. The molecule has 0 N–H and O–H groups in total. The summed E-state index contributed by atoms with van der Waals surface area (Å²) in [5, 5.41) is 0. The first-order valence-corrected chi connectivity index (χ1v) is 7.88. The minimum atomic E-state index is -2.68. The number of carbonyl (C=O) groups excluding carboxylic acids is 1. The summed E-state index contributed by atoms with van der Waals surface area (Å²) in [4.78, 5) is 18.1. The summed E-state index contributed by atoms with van der Waals surface area (Å²) in [5.41, 5.74) is 0. The molecule has 0 fully saturated rings. The van der Waals surface area contributed by atoms with Crippen LogP contribution >= 0.6 is 11.8 Å². The average Bonchev–Trinajstić information content (AvgIpc) is 2.97. The van der Waals surface area contributed by atoms with E-state index >= 15 is 0 Å². The molecular weight excluding hydrogens is 327 g/mol. The Balaban J connectivity index is 1.80. The number of nitrogens with zero attached hydrogens (tertiary/aromatic N) is 3. The van der Waals surface area contributed by atoms with Crippen molar-refractivity contribution in [2.24, 2.45) is 0 Å². The molecule has 2 aromatic rings. The molecule has 0 saturated heterocycles. The maximum Gasteiger partial charge on any atom is 0.319 e. The lowest BCUT2D eigenvalue weighted by molar-refractivity contribution is -0.130. The number of hydrogen-bond acceptors (Lipinski definition) is 3. The van der Waals surface area contributed by atoms with Crippen LogP contribution in [0.4, 0.5) is 13.2 Å². The normalized spacial score (nSPS) is 11.0. The highest BCUT2D eigenvalue weighted by Gasteiger charge is 2.16. The molecule has 8 heteroatoms. The molecule has 0 atom stereocenters. The van der Waals surface area contributed by atoms with E-state index in [2.05, 4.69) is 4.98 Å². The number of benzene rings is 1. The van der Waals surface area contributed by atoms with Gasteiger partial charge in [-0.15, -0.1) is 11.8 Å². The van der Waals surface area contributed by atoms with Gasteiger partial charge in [-0.3, -0.25) is 9.36 Å². The van der Waals surface area contributed by atoms with E-state index in [1.54, 1.807) is 19.2 Å². The summed E-state index contributed by atoms with van der Waals surface area (Å²) in [7, 11) is 1.55. The van der Waals surface area contributed by atoms with E-state index in [4.69, 9.17) is 0 Å². The van der Waals surface area contributed by atoms with Gasteiger partial charge < -0.3 is 4.90 Å². The zero-order valence-corrected chi connectivity index (χ0v) is 13.3. The third-order valence-electron chi connectivity index (χ3n) is 3.16. The topological polar surface area (TPSA) is 38.1 Å². The van der Waals surface area contributed by atoms with Crippen molar-refractivity contribution in [3.63, 3.8) is 0 Å². The smallest absolute Gasteiger partial charge is 0.319 e. The van der Waals surface area contributed by atoms with Crippen molar-refractivity contribution in [2.75, 3.05) is 12.8 Å². The van der Waals surface area contributed by atoms with E-state index in [-0.39, 0.29) is 30.5 Å². The fourth-order valence-corrected chi connectivity index (χ4v) is 2.76. The Kier molecular flexibility index (Phi) is 6.09. The van der Waals surface area contributed by atoms with Crippen LogP contribution in [-0.2, 0) is 11.3 Å².